The first-order valence-corrected chi connectivity index (χ1v) is 11.3. The molecule has 0 spiro atoms. The van der Waals surface area contributed by atoms with E-state index in [1.54, 1.807) is 17.0 Å². The first-order chi connectivity index (χ1) is 17.2. The lowest BCUT2D eigenvalue weighted by molar-refractivity contribution is -0.274. The summed E-state index contributed by atoms with van der Waals surface area (Å²) in [7, 11) is 0. The zero-order valence-corrected chi connectivity index (χ0v) is 19.3. The van der Waals surface area contributed by atoms with Crippen LogP contribution in [0.2, 0.25) is 0 Å². The number of thiazole rings is 1. The van der Waals surface area contributed by atoms with Crippen LogP contribution in [0.4, 0.5) is 34.6 Å². The van der Waals surface area contributed by atoms with E-state index in [4.69, 9.17) is 5.26 Å². The molecule has 0 aliphatic carbocycles. The van der Waals surface area contributed by atoms with Gasteiger partial charge in [0, 0.05) is 38.1 Å². The van der Waals surface area contributed by atoms with Gasteiger partial charge < -0.3 is 19.9 Å². The van der Waals surface area contributed by atoms with Crippen molar-refractivity contribution in [1.82, 2.24) is 14.9 Å². The number of rotatable bonds is 5. The number of anilines is 3. The lowest BCUT2D eigenvalue weighted by Gasteiger charge is -2.35. The van der Waals surface area contributed by atoms with Crippen LogP contribution in [0, 0.1) is 11.3 Å². The number of benzene rings is 1. The lowest BCUT2D eigenvalue weighted by Crippen LogP contribution is -2.48. The van der Waals surface area contributed by atoms with Crippen molar-refractivity contribution in [3.05, 3.63) is 59.2 Å². The van der Waals surface area contributed by atoms with Crippen LogP contribution in [0.1, 0.15) is 15.2 Å². The van der Waals surface area contributed by atoms with E-state index in [0.717, 1.165) is 29.3 Å². The maximum atomic E-state index is 12.9. The van der Waals surface area contributed by atoms with Crippen molar-refractivity contribution < 1.29 is 27.5 Å². The minimum atomic E-state index is -4.80. The summed E-state index contributed by atoms with van der Waals surface area (Å²) in [4.78, 5) is 37.4. The molecular weight excluding hydrogens is 499 g/mol. The lowest BCUT2D eigenvalue weighted by atomic mass is 10.2. The number of nitriles is 1. The van der Waals surface area contributed by atoms with Gasteiger partial charge in [0.15, 0.2) is 5.13 Å². The average Bonchev–Trinajstić information content (AvgIpc) is 3.32. The molecule has 3 heterocycles. The number of piperazine rings is 1. The number of carbonyl (C=O) groups is 2. The second-order valence-corrected chi connectivity index (χ2v) is 8.51. The van der Waals surface area contributed by atoms with Gasteiger partial charge in [-0.1, -0.05) is 11.3 Å². The van der Waals surface area contributed by atoms with E-state index in [0.29, 0.717) is 36.6 Å². The van der Waals surface area contributed by atoms with Gasteiger partial charge in [0.25, 0.3) is 5.91 Å². The summed E-state index contributed by atoms with van der Waals surface area (Å²) in [6.07, 6.45) is -1.92. The zero-order chi connectivity index (χ0) is 25.7. The molecular formula is C22H18F3N7O3S. The summed E-state index contributed by atoms with van der Waals surface area (Å²) < 4.78 is 40.5. The fraction of sp³-hybridized carbons (Fsp3) is 0.227. The second-order valence-electron chi connectivity index (χ2n) is 7.48. The van der Waals surface area contributed by atoms with Crippen molar-refractivity contribution in [3.8, 4) is 11.8 Å². The van der Waals surface area contributed by atoms with Crippen molar-refractivity contribution in [2.75, 3.05) is 41.7 Å². The second kappa shape index (κ2) is 10.5. The molecule has 0 unspecified atom stereocenters. The summed E-state index contributed by atoms with van der Waals surface area (Å²) in [6.45, 7) is 2.08. The fourth-order valence-corrected chi connectivity index (χ4v) is 4.14. The standard InChI is InChI=1S/C22H18F3N7O3S/c23-22(24,25)35-16-4-2-15(3-5-16)29-20(34)30-21-28-13-17(36-21)19(33)32-9-7-31(8-10-32)18-6-1-14(11-26)12-27-18/h1-6,12-13H,7-10H2,(H2,28,29,30,34). The Bertz CT molecular complexity index is 1270. The molecule has 0 radical (unpaired) electrons. The number of alkyl halides is 3. The molecule has 1 fully saturated rings. The van der Waals surface area contributed by atoms with E-state index in [9.17, 15) is 22.8 Å². The number of carbonyl (C=O) groups excluding carboxylic acids is 2. The van der Waals surface area contributed by atoms with Crippen LogP contribution in [0.15, 0.2) is 48.8 Å². The molecule has 2 aromatic heterocycles. The number of amides is 3. The normalized spacial score (nSPS) is 13.6. The van der Waals surface area contributed by atoms with E-state index >= 15 is 0 Å². The molecule has 0 atom stereocenters. The maximum absolute atomic E-state index is 12.9. The number of nitrogens with zero attached hydrogens (tertiary/aromatic N) is 5. The third kappa shape index (κ3) is 6.39. The Morgan fingerprint density at radius 3 is 2.33 bits per heavy atom. The van der Waals surface area contributed by atoms with Gasteiger partial charge in [-0.15, -0.1) is 13.2 Å². The predicted molar refractivity (Wildman–Crippen MR) is 125 cm³/mol. The van der Waals surface area contributed by atoms with Crippen LogP contribution in [-0.4, -0.2) is 59.3 Å². The monoisotopic (exact) mass is 517 g/mol. The Balaban J connectivity index is 1.27. The minimum Gasteiger partial charge on any atom is -0.406 e. The summed E-state index contributed by atoms with van der Waals surface area (Å²) in [5, 5.41) is 14.0. The SMILES string of the molecule is N#Cc1ccc(N2CCN(C(=O)c3cnc(NC(=O)Nc4ccc(OC(F)(F)F)cc4)s3)CC2)nc1. The average molecular weight is 517 g/mol. The highest BCUT2D eigenvalue weighted by atomic mass is 32.1. The molecule has 186 valence electrons. The van der Waals surface area contributed by atoms with Crippen LogP contribution in [0.5, 0.6) is 5.75 Å². The number of hydrogen-bond acceptors (Lipinski definition) is 8. The van der Waals surface area contributed by atoms with Crippen molar-refractivity contribution in [3.63, 3.8) is 0 Å². The molecule has 1 aliphatic heterocycles. The Kier molecular flexibility index (Phi) is 7.20. The zero-order valence-electron chi connectivity index (χ0n) is 18.5. The Labute approximate surface area is 206 Å². The van der Waals surface area contributed by atoms with E-state index in [-0.39, 0.29) is 16.7 Å². The highest BCUT2D eigenvalue weighted by Gasteiger charge is 2.31. The van der Waals surface area contributed by atoms with Gasteiger partial charge >= 0.3 is 12.4 Å². The van der Waals surface area contributed by atoms with Gasteiger partial charge in [-0.25, -0.2) is 14.8 Å². The molecule has 1 aromatic carbocycles. The number of halogens is 3. The van der Waals surface area contributed by atoms with Crippen LogP contribution >= 0.6 is 11.3 Å². The van der Waals surface area contributed by atoms with E-state index in [1.165, 1.54) is 24.5 Å². The Morgan fingerprint density at radius 2 is 1.72 bits per heavy atom. The molecule has 3 aromatic rings. The third-order valence-electron chi connectivity index (χ3n) is 5.05. The summed E-state index contributed by atoms with van der Waals surface area (Å²) >= 11 is 1.01. The molecule has 3 amide bonds. The van der Waals surface area contributed by atoms with Gasteiger partial charge in [0.2, 0.25) is 0 Å². The molecule has 14 heteroatoms. The molecule has 10 nitrogen and oxygen atoms in total. The van der Waals surface area contributed by atoms with E-state index in [1.807, 2.05) is 11.0 Å². The number of pyridine rings is 1. The van der Waals surface area contributed by atoms with Gasteiger partial charge in [-0.2, -0.15) is 5.26 Å². The number of nitrogens with one attached hydrogen (secondary N) is 2. The first kappa shape index (κ1) is 24.7. The van der Waals surface area contributed by atoms with Gasteiger partial charge in [0.05, 0.1) is 11.8 Å². The number of ether oxygens (including phenoxy) is 1. The van der Waals surface area contributed by atoms with Crippen molar-refractivity contribution in [2.45, 2.75) is 6.36 Å². The van der Waals surface area contributed by atoms with Gasteiger partial charge in [0.1, 0.15) is 22.5 Å². The third-order valence-corrected chi connectivity index (χ3v) is 5.95. The van der Waals surface area contributed by atoms with Gasteiger partial charge in [-0.05, 0) is 36.4 Å². The molecule has 0 saturated carbocycles. The van der Waals surface area contributed by atoms with Crippen LogP contribution in [0.25, 0.3) is 0 Å². The molecule has 0 bridgehead atoms. The van der Waals surface area contributed by atoms with Crippen LogP contribution < -0.4 is 20.3 Å². The number of urea groups is 1. The Hall–Kier alpha value is -4.38. The molecule has 1 saturated heterocycles. The summed E-state index contributed by atoms with van der Waals surface area (Å²) in [6, 6.07) is 9.47. The molecule has 36 heavy (non-hydrogen) atoms. The summed E-state index contributed by atoms with van der Waals surface area (Å²) in [5.74, 6) is 0.109. The quantitative estimate of drug-likeness (QED) is 0.526. The van der Waals surface area contributed by atoms with Crippen LogP contribution in [-0.2, 0) is 0 Å². The van der Waals surface area contributed by atoms with E-state index < -0.39 is 18.1 Å². The van der Waals surface area contributed by atoms with Crippen LogP contribution in [0.3, 0.4) is 0 Å². The molecule has 2 N–H and O–H groups in total. The highest BCUT2D eigenvalue weighted by Crippen LogP contribution is 2.25. The fourth-order valence-electron chi connectivity index (χ4n) is 3.36. The first-order valence-electron chi connectivity index (χ1n) is 10.5. The number of aromatic nitrogens is 2. The van der Waals surface area contributed by atoms with Gasteiger partial charge in [-0.3, -0.25) is 10.1 Å². The molecule has 1 aliphatic rings. The van der Waals surface area contributed by atoms with Crippen molar-refractivity contribution in [2.24, 2.45) is 0 Å². The summed E-state index contributed by atoms with van der Waals surface area (Å²) in [5.41, 5.74) is 0.716. The van der Waals surface area contributed by atoms with Crippen molar-refractivity contribution >= 4 is 39.9 Å². The highest BCUT2D eigenvalue weighted by molar-refractivity contribution is 7.17. The smallest absolute Gasteiger partial charge is 0.406 e. The van der Waals surface area contributed by atoms with Crippen molar-refractivity contribution in [1.29, 1.82) is 5.26 Å². The largest absolute Gasteiger partial charge is 0.573 e. The minimum absolute atomic E-state index is 0.188. The predicted octanol–water partition coefficient (Wildman–Crippen LogP) is 3.91. The molecule has 4 rings (SSSR count). The number of hydrogen-bond donors (Lipinski definition) is 2. The topological polar surface area (TPSA) is 123 Å². The van der Waals surface area contributed by atoms with E-state index in [2.05, 4.69) is 25.3 Å². The Morgan fingerprint density at radius 1 is 1.00 bits per heavy atom. The maximum Gasteiger partial charge on any atom is 0.573 e.